The Hall–Kier alpha value is -6.26. The van der Waals surface area contributed by atoms with Crippen molar-refractivity contribution < 1.29 is 0 Å². The fraction of sp³-hybridized carbons (Fsp3) is 0.100. The molecule has 8 rings (SSSR count). The van der Waals surface area contributed by atoms with Crippen LogP contribution in [0.1, 0.15) is 27.8 Å². The van der Waals surface area contributed by atoms with Gasteiger partial charge in [-0.1, -0.05) is 66.7 Å². The van der Waals surface area contributed by atoms with E-state index in [9.17, 15) is 5.26 Å². The lowest BCUT2D eigenvalue weighted by molar-refractivity contribution is 1.08. The highest BCUT2D eigenvalue weighted by Gasteiger charge is 2.38. The minimum Gasteiger partial charge on any atom is -0.292 e. The predicted octanol–water partition coefficient (Wildman–Crippen LogP) is 8.38. The van der Waals surface area contributed by atoms with Gasteiger partial charge in [0.25, 0.3) is 0 Å². The second kappa shape index (κ2) is 11.0. The van der Waals surface area contributed by atoms with Crippen LogP contribution in [0.5, 0.6) is 0 Å². The van der Waals surface area contributed by atoms with Gasteiger partial charge in [0.05, 0.1) is 40.4 Å². The summed E-state index contributed by atoms with van der Waals surface area (Å²) in [6, 6.07) is 31.0. The van der Waals surface area contributed by atoms with Gasteiger partial charge in [0.1, 0.15) is 11.5 Å². The van der Waals surface area contributed by atoms with E-state index in [1.807, 2.05) is 30.5 Å². The maximum atomic E-state index is 9.33. The summed E-state index contributed by atoms with van der Waals surface area (Å²) in [7, 11) is 0. The summed E-state index contributed by atoms with van der Waals surface area (Å²) in [6.07, 6.45) is 9.80. The first kappa shape index (κ1) is 28.2. The molecule has 3 aromatic heterocycles. The number of nitriles is 1. The molecule has 0 bridgehead atoms. The second-order valence-electron chi connectivity index (χ2n) is 12.0. The summed E-state index contributed by atoms with van der Waals surface area (Å²) in [4.78, 5) is 19.3. The molecule has 0 saturated carbocycles. The largest absolute Gasteiger partial charge is 0.292 e. The minimum atomic E-state index is 0.631. The Kier molecular flexibility index (Phi) is 6.59. The van der Waals surface area contributed by atoms with Crippen LogP contribution < -0.4 is 15.0 Å². The molecule has 226 valence electrons. The zero-order valence-corrected chi connectivity index (χ0v) is 26.6. The van der Waals surface area contributed by atoms with Gasteiger partial charge in [-0.3, -0.25) is 14.2 Å². The summed E-state index contributed by atoms with van der Waals surface area (Å²) in [5, 5.41) is 11.5. The summed E-state index contributed by atoms with van der Waals surface area (Å²) in [5.41, 5.74) is 11.3. The maximum Gasteiger partial charge on any atom is 0.183 e. The number of hydrogen-bond acceptors (Lipinski definition) is 6. The Balaban J connectivity index is 1.42. The summed E-state index contributed by atoms with van der Waals surface area (Å²) in [5.74, 6) is 2.51. The number of imidazole rings is 1. The zero-order chi connectivity index (χ0) is 32.2. The molecule has 0 fully saturated rings. The van der Waals surface area contributed by atoms with Crippen LogP contribution in [0.4, 0.5) is 23.0 Å². The number of para-hydroxylation sites is 3. The van der Waals surface area contributed by atoms with E-state index in [0.717, 1.165) is 84.1 Å². The number of aryl methyl sites for hydroxylation is 4. The van der Waals surface area contributed by atoms with Crippen LogP contribution >= 0.6 is 0 Å². The number of benzene rings is 4. The minimum absolute atomic E-state index is 0.631. The lowest BCUT2D eigenvalue weighted by Gasteiger charge is -2.28. The van der Waals surface area contributed by atoms with Gasteiger partial charge in [-0.25, -0.2) is 15.0 Å². The van der Waals surface area contributed by atoms with Crippen molar-refractivity contribution in [3.63, 3.8) is 0 Å². The normalized spacial score (nSPS) is 13.1. The number of anilines is 4. The monoisotopic (exact) mass is 609 g/mol. The average Bonchev–Trinajstić information content (AvgIpc) is 3.74. The van der Waals surface area contributed by atoms with Gasteiger partial charge in [-0.05, 0) is 80.3 Å². The Bertz CT molecular complexity index is 2360. The molecule has 47 heavy (non-hydrogen) atoms. The van der Waals surface area contributed by atoms with Crippen LogP contribution in [0.25, 0.3) is 33.9 Å². The van der Waals surface area contributed by atoms with E-state index in [4.69, 9.17) is 15.0 Å². The van der Waals surface area contributed by atoms with E-state index in [-0.39, 0.29) is 0 Å². The van der Waals surface area contributed by atoms with Crippen LogP contribution in [0.15, 0.2) is 115 Å². The Labute approximate surface area is 273 Å². The van der Waals surface area contributed by atoms with E-state index in [1.54, 1.807) is 12.4 Å². The maximum absolute atomic E-state index is 9.33. The molecule has 1 aliphatic heterocycles. The van der Waals surface area contributed by atoms with Crippen molar-refractivity contribution in [1.82, 2.24) is 19.4 Å². The lowest BCUT2D eigenvalue weighted by Crippen LogP contribution is -2.24. The number of allylic oxidation sites excluding steroid dienone is 1. The fourth-order valence-corrected chi connectivity index (χ4v) is 6.91. The van der Waals surface area contributed by atoms with Gasteiger partial charge in [0, 0.05) is 28.6 Å². The molecule has 1 aliphatic rings. The smallest absolute Gasteiger partial charge is 0.183 e. The van der Waals surface area contributed by atoms with Crippen LogP contribution in [-0.4, -0.2) is 19.4 Å². The predicted molar refractivity (Wildman–Crippen MR) is 189 cm³/mol. The molecule has 0 unspecified atom stereocenters. The molecule has 4 heterocycles. The summed E-state index contributed by atoms with van der Waals surface area (Å²) >= 11 is 0. The van der Waals surface area contributed by atoms with Crippen LogP contribution in [0, 0.1) is 39.0 Å². The van der Waals surface area contributed by atoms with Crippen molar-refractivity contribution in [3.8, 4) is 17.3 Å². The van der Waals surface area contributed by atoms with E-state index >= 15 is 0 Å². The van der Waals surface area contributed by atoms with Crippen molar-refractivity contribution in [1.29, 1.82) is 5.26 Å². The molecule has 7 aromatic rings. The van der Waals surface area contributed by atoms with Gasteiger partial charge >= 0.3 is 0 Å². The molecule has 4 aromatic carbocycles. The molecule has 0 spiro atoms. The quantitative estimate of drug-likeness (QED) is 0.200. The molecular weight excluding hydrogens is 578 g/mol. The molecule has 0 saturated heterocycles. The first-order chi connectivity index (χ1) is 23.0. The molecule has 0 aliphatic carbocycles. The van der Waals surface area contributed by atoms with Crippen molar-refractivity contribution in [2.24, 2.45) is 0 Å². The highest BCUT2D eigenvalue weighted by molar-refractivity contribution is 5.94. The number of aromatic nitrogens is 4. The van der Waals surface area contributed by atoms with E-state index in [0.29, 0.717) is 5.56 Å². The van der Waals surface area contributed by atoms with E-state index in [2.05, 4.69) is 121 Å². The van der Waals surface area contributed by atoms with E-state index < -0.39 is 0 Å². The van der Waals surface area contributed by atoms with Gasteiger partial charge in [0.15, 0.2) is 11.6 Å². The lowest BCUT2D eigenvalue weighted by atomic mass is 10.1. The number of hydrogen-bond donors (Lipinski definition) is 0. The molecule has 7 heteroatoms. The van der Waals surface area contributed by atoms with Crippen LogP contribution in [0.2, 0.25) is 0 Å². The van der Waals surface area contributed by atoms with Crippen molar-refractivity contribution in [2.45, 2.75) is 27.7 Å². The molecule has 0 N–H and O–H groups in total. The Morgan fingerprint density at radius 1 is 0.638 bits per heavy atom. The first-order valence-corrected chi connectivity index (χ1v) is 15.6. The highest BCUT2D eigenvalue weighted by atomic mass is 15.4. The fourth-order valence-electron chi connectivity index (χ4n) is 6.91. The standard InChI is InChI=1S/C40H31N7/c1-25-9-7-10-26(2)36(25)46-35(47(40-39(46)42-21-22-43-40)37-27(3)11-8-12-28(37)4)20-19-32-31-13-5-6-14-33(31)45-34(24-44-38(32)45)30-17-15-29(23-41)16-18-30/h5-22,24H,1-4H3/b32-19-. The average molecular weight is 610 g/mol. The van der Waals surface area contributed by atoms with Gasteiger partial charge in [-0.15, -0.1) is 0 Å². The molecule has 0 atom stereocenters. The SMILES string of the molecule is Cc1cccc(C)c1N1C(=C/C=c2/c3ccccc3n3c(-c4ccc(C#N)cc4)cnc23)N(c2c(C)cccc2C)c2nccnc21. The summed E-state index contributed by atoms with van der Waals surface area (Å²) in [6.45, 7) is 8.57. The Morgan fingerprint density at radius 3 is 1.79 bits per heavy atom. The molecule has 7 nitrogen and oxygen atoms in total. The first-order valence-electron chi connectivity index (χ1n) is 15.6. The van der Waals surface area contributed by atoms with Gasteiger partial charge in [0.2, 0.25) is 0 Å². The molecule has 0 radical (unpaired) electrons. The zero-order valence-electron chi connectivity index (χ0n) is 26.6. The third-order valence-corrected chi connectivity index (χ3v) is 9.02. The highest BCUT2D eigenvalue weighted by Crippen LogP contribution is 2.50. The van der Waals surface area contributed by atoms with Gasteiger partial charge in [-0.2, -0.15) is 5.26 Å². The summed E-state index contributed by atoms with van der Waals surface area (Å²) < 4.78 is 2.21. The topological polar surface area (TPSA) is 73.3 Å². The van der Waals surface area contributed by atoms with E-state index in [1.165, 1.54) is 0 Å². The van der Waals surface area contributed by atoms with Crippen LogP contribution in [-0.2, 0) is 0 Å². The van der Waals surface area contributed by atoms with Gasteiger partial charge < -0.3 is 0 Å². The number of rotatable bonds is 4. The number of fused-ring (bicyclic) bond motifs is 4. The van der Waals surface area contributed by atoms with Crippen molar-refractivity contribution in [3.05, 3.63) is 148 Å². The Morgan fingerprint density at radius 2 is 1.21 bits per heavy atom. The number of nitrogens with zero attached hydrogens (tertiary/aromatic N) is 7. The molecular formula is C40H31N7. The van der Waals surface area contributed by atoms with Crippen LogP contribution in [0.3, 0.4) is 0 Å². The van der Waals surface area contributed by atoms with Crippen molar-refractivity contribution in [2.75, 3.05) is 9.80 Å². The van der Waals surface area contributed by atoms with Crippen molar-refractivity contribution >= 4 is 45.6 Å². The third kappa shape index (κ3) is 4.38. The third-order valence-electron chi connectivity index (χ3n) is 9.02. The second-order valence-corrected chi connectivity index (χ2v) is 12.0. The molecule has 0 amide bonds.